The number of hydrogen-bond donors (Lipinski definition) is 0. The Kier molecular flexibility index (Phi) is 1.90. The molecule has 1 fully saturated rings. The predicted molar refractivity (Wildman–Crippen MR) is 35.3 cm³/mol. The van der Waals surface area contributed by atoms with Crippen LogP contribution in [0.1, 0.15) is 19.8 Å². The lowest BCUT2D eigenvalue weighted by Gasteiger charge is -2.25. The molecule has 1 radical (unpaired) electrons. The Balaban J connectivity index is 2.19. The van der Waals surface area contributed by atoms with Gasteiger partial charge in [0.25, 0.3) is 0 Å². The molecule has 1 heteroatoms. The quantitative estimate of drug-likeness (QED) is 0.459. The van der Waals surface area contributed by atoms with Gasteiger partial charge in [0, 0.05) is 6.54 Å². The minimum absolute atomic E-state index is 0.922. The van der Waals surface area contributed by atoms with E-state index in [0.29, 0.717) is 0 Å². The first-order valence-corrected chi connectivity index (χ1v) is 3.32. The molecule has 1 rings (SSSR count). The molecule has 1 aliphatic heterocycles. The molecule has 0 spiro atoms. The molecule has 0 aliphatic carbocycles. The highest BCUT2D eigenvalue weighted by Gasteiger charge is 2.11. The summed E-state index contributed by atoms with van der Waals surface area (Å²) in [6, 6.07) is 0. The molecule has 0 aromatic rings. The summed E-state index contributed by atoms with van der Waals surface area (Å²) < 4.78 is 0. The first kappa shape index (κ1) is 6.09. The lowest BCUT2D eigenvalue weighted by atomic mass is 10.00. The van der Waals surface area contributed by atoms with Crippen LogP contribution in [0.5, 0.6) is 0 Å². The maximum atomic E-state index is 2.31. The SMILES string of the molecule is CC1C[CH]N(C)CC1. The van der Waals surface area contributed by atoms with Crippen LogP contribution in [0, 0.1) is 12.5 Å². The van der Waals surface area contributed by atoms with Crippen molar-refractivity contribution in [2.75, 3.05) is 13.6 Å². The number of rotatable bonds is 0. The normalized spacial score (nSPS) is 26.2. The molecule has 47 valence electrons. The Hall–Kier alpha value is -0.0400. The predicted octanol–water partition coefficient (Wildman–Crippen LogP) is 1.51. The summed E-state index contributed by atoms with van der Waals surface area (Å²) in [5.41, 5.74) is 0. The summed E-state index contributed by atoms with van der Waals surface area (Å²) in [6.45, 7) is 5.85. The minimum Gasteiger partial charge on any atom is -0.302 e. The van der Waals surface area contributed by atoms with Gasteiger partial charge in [-0.3, -0.25) is 0 Å². The monoisotopic (exact) mass is 112 g/mol. The van der Waals surface area contributed by atoms with Gasteiger partial charge in [-0.05, 0) is 32.4 Å². The van der Waals surface area contributed by atoms with Crippen LogP contribution in [0.15, 0.2) is 0 Å². The maximum Gasteiger partial charge on any atom is 0.0251 e. The molecule has 8 heavy (non-hydrogen) atoms. The number of likely N-dealkylation sites (tertiary alicyclic amines) is 1. The molecule has 1 aliphatic rings. The van der Waals surface area contributed by atoms with E-state index in [9.17, 15) is 0 Å². The van der Waals surface area contributed by atoms with Crippen LogP contribution < -0.4 is 0 Å². The van der Waals surface area contributed by atoms with Crippen LogP contribution in [-0.4, -0.2) is 18.5 Å². The summed E-state index contributed by atoms with van der Waals surface area (Å²) in [5, 5.41) is 0. The molecule has 1 unspecified atom stereocenters. The van der Waals surface area contributed by atoms with E-state index >= 15 is 0 Å². The van der Waals surface area contributed by atoms with Crippen LogP contribution in [0.3, 0.4) is 0 Å². The van der Waals surface area contributed by atoms with Crippen LogP contribution in [0.4, 0.5) is 0 Å². The summed E-state index contributed by atoms with van der Waals surface area (Å²) in [7, 11) is 2.14. The van der Waals surface area contributed by atoms with Gasteiger partial charge in [-0.2, -0.15) is 0 Å². The molecule has 0 bridgehead atoms. The maximum absolute atomic E-state index is 2.31. The smallest absolute Gasteiger partial charge is 0.0251 e. The van der Waals surface area contributed by atoms with Crippen molar-refractivity contribution in [3.05, 3.63) is 6.54 Å². The van der Waals surface area contributed by atoms with Crippen molar-refractivity contribution < 1.29 is 0 Å². The molecule has 1 saturated heterocycles. The zero-order chi connectivity index (χ0) is 5.98. The molecular formula is C7H14N. The van der Waals surface area contributed by atoms with Gasteiger partial charge in [-0.25, -0.2) is 0 Å². The van der Waals surface area contributed by atoms with Crippen molar-refractivity contribution in [2.45, 2.75) is 19.8 Å². The molecule has 1 heterocycles. The fraction of sp³-hybridized carbons (Fsp3) is 0.857. The summed E-state index contributed by atoms with van der Waals surface area (Å²) in [4.78, 5) is 2.28. The molecule has 0 N–H and O–H groups in total. The average Bonchev–Trinajstić information content (AvgIpc) is 1.77. The lowest BCUT2D eigenvalue weighted by molar-refractivity contribution is 0.282. The second kappa shape index (κ2) is 2.49. The van der Waals surface area contributed by atoms with E-state index < -0.39 is 0 Å². The molecule has 1 nitrogen and oxygen atoms in total. The molecule has 0 saturated carbocycles. The van der Waals surface area contributed by atoms with Gasteiger partial charge in [0.2, 0.25) is 0 Å². The van der Waals surface area contributed by atoms with Crippen molar-refractivity contribution in [3.8, 4) is 0 Å². The summed E-state index contributed by atoms with van der Waals surface area (Å²) >= 11 is 0. The van der Waals surface area contributed by atoms with E-state index in [1.54, 1.807) is 0 Å². The third-order valence-electron chi connectivity index (χ3n) is 1.79. The van der Waals surface area contributed by atoms with Crippen LogP contribution in [0.25, 0.3) is 0 Å². The number of piperidine rings is 1. The van der Waals surface area contributed by atoms with Crippen molar-refractivity contribution in [3.63, 3.8) is 0 Å². The Labute approximate surface area is 51.7 Å². The Bertz CT molecular complexity index is 52.8. The molecule has 0 amide bonds. The molecule has 0 aromatic carbocycles. The fourth-order valence-electron chi connectivity index (χ4n) is 0.993. The average molecular weight is 112 g/mol. The highest BCUT2D eigenvalue weighted by molar-refractivity contribution is 4.74. The van der Waals surface area contributed by atoms with E-state index in [0.717, 1.165) is 5.92 Å². The Morgan fingerprint density at radius 1 is 1.62 bits per heavy atom. The standard InChI is InChI=1S/C7H14N/c1-7-3-5-8(2)6-4-7/h5,7H,3-4,6H2,1-2H3. The fourth-order valence-corrected chi connectivity index (χ4v) is 0.993. The van der Waals surface area contributed by atoms with E-state index in [1.165, 1.54) is 19.4 Å². The van der Waals surface area contributed by atoms with Gasteiger partial charge in [0.15, 0.2) is 0 Å². The van der Waals surface area contributed by atoms with Crippen LogP contribution in [0.2, 0.25) is 0 Å². The first-order chi connectivity index (χ1) is 3.79. The molecule has 1 atom stereocenters. The highest BCUT2D eigenvalue weighted by Crippen LogP contribution is 2.16. The highest BCUT2D eigenvalue weighted by atomic mass is 15.1. The van der Waals surface area contributed by atoms with Gasteiger partial charge < -0.3 is 4.90 Å². The first-order valence-electron chi connectivity index (χ1n) is 3.32. The third-order valence-corrected chi connectivity index (χ3v) is 1.79. The van der Waals surface area contributed by atoms with Crippen molar-refractivity contribution in [2.24, 2.45) is 5.92 Å². The number of nitrogens with zero attached hydrogens (tertiary/aromatic N) is 1. The van der Waals surface area contributed by atoms with Gasteiger partial charge >= 0.3 is 0 Å². The van der Waals surface area contributed by atoms with E-state index in [1.807, 2.05) is 0 Å². The van der Waals surface area contributed by atoms with Gasteiger partial charge in [-0.1, -0.05) is 6.92 Å². The van der Waals surface area contributed by atoms with Gasteiger partial charge in [0.1, 0.15) is 0 Å². The zero-order valence-electron chi connectivity index (χ0n) is 5.72. The lowest BCUT2D eigenvalue weighted by Crippen LogP contribution is -2.24. The van der Waals surface area contributed by atoms with E-state index in [2.05, 4.69) is 25.4 Å². The van der Waals surface area contributed by atoms with Crippen molar-refractivity contribution >= 4 is 0 Å². The largest absolute Gasteiger partial charge is 0.302 e. The van der Waals surface area contributed by atoms with E-state index in [4.69, 9.17) is 0 Å². The van der Waals surface area contributed by atoms with Crippen molar-refractivity contribution in [1.82, 2.24) is 4.90 Å². The Morgan fingerprint density at radius 3 is 2.75 bits per heavy atom. The van der Waals surface area contributed by atoms with E-state index in [-0.39, 0.29) is 0 Å². The molecule has 0 aromatic heterocycles. The zero-order valence-corrected chi connectivity index (χ0v) is 5.72. The third kappa shape index (κ3) is 1.48. The second-order valence-electron chi connectivity index (χ2n) is 2.79. The minimum atomic E-state index is 0.922. The Morgan fingerprint density at radius 2 is 2.38 bits per heavy atom. The van der Waals surface area contributed by atoms with Gasteiger partial charge in [-0.15, -0.1) is 0 Å². The molecular weight excluding hydrogens is 98.1 g/mol. The van der Waals surface area contributed by atoms with Crippen LogP contribution >= 0.6 is 0 Å². The number of hydrogen-bond acceptors (Lipinski definition) is 1. The van der Waals surface area contributed by atoms with Crippen LogP contribution in [-0.2, 0) is 0 Å². The summed E-state index contributed by atoms with van der Waals surface area (Å²) in [6.07, 6.45) is 2.64. The summed E-state index contributed by atoms with van der Waals surface area (Å²) in [5.74, 6) is 0.922. The van der Waals surface area contributed by atoms with Crippen molar-refractivity contribution in [1.29, 1.82) is 0 Å². The topological polar surface area (TPSA) is 3.24 Å². The van der Waals surface area contributed by atoms with Gasteiger partial charge in [0.05, 0.1) is 0 Å². The second-order valence-corrected chi connectivity index (χ2v) is 2.79.